The van der Waals surface area contributed by atoms with Crippen molar-refractivity contribution in [3.63, 3.8) is 0 Å². The second kappa shape index (κ2) is 7.92. The first-order valence-electron chi connectivity index (χ1n) is 8.86. The molecule has 1 aliphatic heterocycles. The molecule has 136 valence electrons. The molecule has 2 N–H and O–H groups in total. The van der Waals surface area contributed by atoms with Gasteiger partial charge in [-0.05, 0) is 34.7 Å². The molecule has 26 heavy (non-hydrogen) atoms. The van der Waals surface area contributed by atoms with Gasteiger partial charge in [-0.2, -0.15) is 0 Å². The van der Waals surface area contributed by atoms with Gasteiger partial charge in [0.05, 0.1) is 12.0 Å². The molecule has 3 rings (SSSR count). The molecule has 0 aromatic heterocycles. The van der Waals surface area contributed by atoms with Gasteiger partial charge in [-0.3, -0.25) is 9.59 Å². The smallest absolute Gasteiger partial charge is 0.226 e. The van der Waals surface area contributed by atoms with Crippen molar-refractivity contribution in [3.8, 4) is 0 Å². The molecule has 0 saturated carbocycles. The summed E-state index contributed by atoms with van der Waals surface area (Å²) in [4.78, 5) is 24.1. The van der Waals surface area contributed by atoms with Gasteiger partial charge in [-0.25, -0.2) is 0 Å². The first-order valence-corrected chi connectivity index (χ1v) is 9.24. The summed E-state index contributed by atoms with van der Waals surface area (Å²) in [6.07, 6.45) is 0.242. The van der Waals surface area contributed by atoms with Gasteiger partial charge in [0.15, 0.2) is 0 Å². The Labute approximate surface area is 158 Å². The van der Waals surface area contributed by atoms with Gasteiger partial charge in [-0.15, -0.1) is 0 Å². The third-order valence-electron chi connectivity index (χ3n) is 4.77. The quantitative estimate of drug-likeness (QED) is 0.840. The third-order valence-corrected chi connectivity index (χ3v) is 5.03. The highest BCUT2D eigenvalue weighted by Crippen LogP contribution is 2.26. The summed E-state index contributed by atoms with van der Waals surface area (Å²) >= 11 is 6.01. The SMILES string of the molecule is CC(C)c1ccc(C(NC(=O)C2CNC(=O)C2)c2ccc(Cl)cc2)cc1. The maximum Gasteiger partial charge on any atom is 0.226 e. The molecule has 2 aromatic rings. The fraction of sp³-hybridized carbons (Fsp3) is 0.333. The normalized spacial score (nSPS) is 17.8. The van der Waals surface area contributed by atoms with Gasteiger partial charge in [0.25, 0.3) is 0 Å². The van der Waals surface area contributed by atoms with Crippen LogP contribution in [0.4, 0.5) is 0 Å². The zero-order chi connectivity index (χ0) is 18.7. The summed E-state index contributed by atoms with van der Waals surface area (Å²) in [5.41, 5.74) is 3.21. The molecule has 2 amide bonds. The van der Waals surface area contributed by atoms with E-state index in [4.69, 9.17) is 11.6 Å². The Hall–Kier alpha value is -2.33. The molecule has 2 atom stereocenters. The average Bonchev–Trinajstić information content (AvgIpc) is 3.07. The molecule has 0 spiro atoms. The van der Waals surface area contributed by atoms with Gasteiger partial charge in [0.1, 0.15) is 0 Å². The standard InChI is InChI=1S/C21H23ClN2O2/c1-13(2)14-3-5-15(6-4-14)20(16-7-9-18(22)10-8-16)24-21(26)17-11-19(25)23-12-17/h3-10,13,17,20H,11-12H2,1-2H3,(H,23,25)(H,24,26). The van der Waals surface area contributed by atoms with E-state index in [-0.39, 0.29) is 30.2 Å². The van der Waals surface area contributed by atoms with E-state index in [1.54, 1.807) is 0 Å². The Balaban J connectivity index is 1.87. The Morgan fingerprint density at radius 2 is 1.58 bits per heavy atom. The topological polar surface area (TPSA) is 58.2 Å². The molecule has 2 unspecified atom stereocenters. The fourth-order valence-corrected chi connectivity index (χ4v) is 3.26. The molecule has 0 bridgehead atoms. The lowest BCUT2D eigenvalue weighted by molar-refractivity contribution is -0.126. The number of carbonyl (C=O) groups excluding carboxylic acids is 2. The van der Waals surface area contributed by atoms with E-state index in [1.807, 2.05) is 36.4 Å². The molecule has 0 radical (unpaired) electrons. The van der Waals surface area contributed by atoms with Crippen molar-refractivity contribution in [1.29, 1.82) is 0 Å². The van der Waals surface area contributed by atoms with Crippen LogP contribution in [0.15, 0.2) is 48.5 Å². The van der Waals surface area contributed by atoms with E-state index < -0.39 is 0 Å². The van der Waals surface area contributed by atoms with Crippen LogP contribution in [-0.4, -0.2) is 18.4 Å². The van der Waals surface area contributed by atoms with Crippen molar-refractivity contribution in [2.75, 3.05) is 6.54 Å². The fourth-order valence-electron chi connectivity index (χ4n) is 3.14. The summed E-state index contributed by atoms with van der Waals surface area (Å²) in [5, 5.41) is 6.47. The summed E-state index contributed by atoms with van der Waals surface area (Å²) in [6.45, 7) is 4.69. The van der Waals surface area contributed by atoms with Crippen LogP contribution in [-0.2, 0) is 9.59 Å². The number of rotatable bonds is 5. The number of hydrogen-bond donors (Lipinski definition) is 2. The van der Waals surface area contributed by atoms with Crippen molar-refractivity contribution in [2.45, 2.75) is 32.2 Å². The van der Waals surface area contributed by atoms with Crippen LogP contribution < -0.4 is 10.6 Å². The summed E-state index contributed by atoms with van der Waals surface area (Å²) in [5.74, 6) is -0.0684. The second-order valence-electron chi connectivity index (χ2n) is 7.02. The maximum absolute atomic E-state index is 12.7. The van der Waals surface area contributed by atoms with Crippen LogP contribution in [0, 0.1) is 5.92 Å². The zero-order valence-electron chi connectivity index (χ0n) is 15.0. The van der Waals surface area contributed by atoms with E-state index in [2.05, 4.69) is 36.6 Å². The number of carbonyl (C=O) groups is 2. The first kappa shape index (κ1) is 18.5. The van der Waals surface area contributed by atoms with Crippen LogP contribution in [0.2, 0.25) is 5.02 Å². The maximum atomic E-state index is 12.7. The number of amides is 2. The summed E-state index contributed by atoms with van der Waals surface area (Å²) in [6, 6.07) is 15.5. The van der Waals surface area contributed by atoms with Gasteiger partial charge in [-0.1, -0.05) is 61.8 Å². The van der Waals surface area contributed by atoms with Crippen LogP contribution in [0.25, 0.3) is 0 Å². The molecule has 4 nitrogen and oxygen atoms in total. The van der Waals surface area contributed by atoms with Crippen molar-refractivity contribution < 1.29 is 9.59 Å². The number of nitrogens with one attached hydrogen (secondary N) is 2. The lowest BCUT2D eigenvalue weighted by atomic mass is 9.94. The van der Waals surface area contributed by atoms with Gasteiger partial charge < -0.3 is 10.6 Å². The summed E-state index contributed by atoms with van der Waals surface area (Å²) in [7, 11) is 0. The monoisotopic (exact) mass is 370 g/mol. The van der Waals surface area contributed by atoms with Crippen LogP contribution in [0.1, 0.15) is 48.9 Å². The highest BCUT2D eigenvalue weighted by atomic mass is 35.5. The van der Waals surface area contributed by atoms with Gasteiger partial charge in [0.2, 0.25) is 11.8 Å². The Morgan fingerprint density at radius 3 is 2.08 bits per heavy atom. The number of benzene rings is 2. The van der Waals surface area contributed by atoms with E-state index in [1.165, 1.54) is 5.56 Å². The highest BCUT2D eigenvalue weighted by molar-refractivity contribution is 6.30. The van der Waals surface area contributed by atoms with Crippen molar-refractivity contribution >= 4 is 23.4 Å². The van der Waals surface area contributed by atoms with E-state index in [9.17, 15) is 9.59 Å². The molecular weight excluding hydrogens is 348 g/mol. The number of hydrogen-bond acceptors (Lipinski definition) is 2. The average molecular weight is 371 g/mol. The molecule has 1 fully saturated rings. The Bertz CT molecular complexity index is 785. The molecular formula is C21H23ClN2O2. The molecule has 5 heteroatoms. The van der Waals surface area contributed by atoms with Gasteiger partial charge in [0, 0.05) is 18.0 Å². The lowest BCUT2D eigenvalue weighted by Crippen LogP contribution is -2.35. The first-order chi connectivity index (χ1) is 12.4. The minimum Gasteiger partial charge on any atom is -0.355 e. The molecule has 0 aliphatic carbocycles. The van der Waals surface area contributed by atoms with Crippen molar-refractivity contribution in [1.82, 2.24) is 10.6 Å². The van der Waals surface area contributed by atoms with Gasteiger partial charge >= 0.3 is 0 Å². The minimum atomic E-state index is -0.327. The van der Waals surface area contributed by atoms with Crippen molar-refractivity contribution in [2.24, 2.45) is 5.92 Å². The molecule has 1 saturated heterocycles. The number of halogens is 1. The van der Waals surface area contributed by atoms with E-state index in [0.29, 0.717) is 17.5 Å². The van der Waals surface area contributed by atoms with Crippen molar-refractivity contribution in [3.05, 3.63) is 70.2 Å². The highest BCUT2D eigenvalue weighted by Gasteiger charge is 2.30. The van der Waals surface area contributed by atoms with E-state index in [0.717, 1.165) is 11.1 Å². The zero-order valence-corrected chi connectivity index (χ0v) is 15.7. The van der Waals surface area contributed by atoms with Crippen LogP contribution in [0.3, 0.4) is 0 Å². The predicted octanol–water partition coefficient (Wildman–Crippen LogP) is 3.81. The van der Waals surface area contributed by atoms with Crippen LogP contribution >= 0.6 is 11.6 Å². The lowest BCUT2D eigenvalue weighted by Gasteiger charge is -2.22. The third kappa shape index (κ3) is 4.25. The predicted molar refractivity (Wildman–Crippen MR) is 103 cm³/mol. The second-order valence-corrected chi connectivity index (χ2v) is 7.46. The summed E-state index contributed by atoms with van der Waals surface area (Å²) < 4.78 is 0. The molecule has 1 heterocycles. The molecule has 2 aromatic carbocycles. The van der Waals surface area contributed by atoms with E-state index >= 15 is 0 Å². The van der Waals surface area contributed by atoms with Crippen LogP contribution in [0.5, 0.6) is 0 Å². The Morgan fingerprint density at radius 1 is 1.04 bits per heavy atom. The Kier molecular flexibility index (Phi) is 5.62. The molecule has 1 aliphatic rings. The minimum absolute atomic E-state index is 0.0746. The largest absolute Gasteiger partial charge is 0.355 e.